The standard InChI is InChI=1S/C19H24N4O2/c1-2-3-11-21-19(25)23-17(14-15-7-5-4-6-8-15)18(24)22-16-9-12-20-13-10-16/h4-10,12-13,17H,2-3,11,14H2,1H3,(H,20,22,24)(H2,21,23,25)/t17-/m0/s1. The SMILES string of the molecule is CCCCNC(=O)N[C@@H](Cc1ccccc1)C(=O)Nc1ccncc1. The predicted molar refractivity (Wildman–Crippen MR) is 98.2 cm³/mol. The van der Waals surface area contributed by atoms with Gasteiger partial charge in [-0.1, -0.05) is 43.7 Å². The van der Waals surface area contributed by atoms with Crippen LogP contribution in [0.25, 0.3) is 0 Å². The first-order chi connectivity index (χ1) is 12.2. The van der Waals surface area contributed by atoms with E-state index in [-0.39, 0.29) is 11.9 Å². The van der Waals surface area contributed by atoms with Crippen LogP contribution in [0, 0.1) is 0 Å². The first-order valence-corrected chi connectivity index (χ1v) is 8.48. The average molecular weight is 340 g/mol. The molecule has 0 radical (unpaired) electrons. The van der Waals surface area contributed by atoms with Gasteiger partial charge in [0.15, 0.2) is 0 Å². The highest BCUT2D eigenvalue weighted by atomic mass is 16.2. The Balaban J connectivity index is 2.02. The number of nitrogens with one attached hydrogen (secondary N) is 3. The van der Waals surface area contributed by atoms with E-state index in [1.54, 1.807) is 24.5 Å². The molecule has 0 aliphatic carbocycles. The molecule has 0 bridgehead atoms. The predicted octanol–water partition coefficient (Wildman–Crippen LogP) is 2.73. The molecular formula is C19H24N4O2. The quantitative estimate of drug-likeness (QED) is 0.646. The van der Waals surface area contributed by atoms with Crippen LogP contribution >= 0.6 is 0 Å². The number of hydrogen-bond acceptors (Lipinski definition) is 3. The number of nitrogens with zero attached hydrogens (tertiary/aromatic N) is 1. The van der Waals surface area contributed by atoms with Crippen LogP contribution in [-0.4, -0.2) is 29.5 Å². The van der Waals surface area contributed by atoms with Crippen molar-refractivity contribution >= 4 is 17.6 Å². The van der Waals surface area contributed by atoms with Crippen LogP contribution in [-0.2, 0) is 11.2 Å². The zero-order valence-electron chi connectivity index (χ0n) is 14.4. The van der Waals surface area contributed by atoms with E-state index in [9.17, 15) is 9.59 Å². The summed E-state index contributed by atoms with van der Waals surface area (Å²) in [6.45, 7) is 2.65. The maximum atomic E-state index is 12.6. The van der Waals surface area contributed by atoms with Gasteiger partial charge < -0.3 is 16.0 Å². The largest absolute Gasteiger partial charge is 0.338 e. The molecule has 1 atom stereocenters. The van der Waals surface area contributed by atoms with Gasteiger partial charge in [0, 0.05) is 31.0 Å². The summed E-state index contributed by atoms with van der Waals surface area (Å²) in [5.74, 6) is -0.263. The van der Waals surface area contributed by atoms with Crippen LogP contribution in [0.4, 0.5) is 10.5 Å². The van der Waals surface area contributed by atoms with Crippen LogP contribution in [0.2, 0.25) is 0 Å². The van der Waals surface area contributed by atoms with Gasteiger partial charge in [-0.3, -0.25) is 9.78 Å². The topological polar surface area (TPSA) is 83.1 Å². The van der Waals surface area contributed by atoms with Gasteiger partial charge >= 0.3 is 6.03 Å². The minimum absolute atomic E-state index is 0.263. The van der Waals surface area contributed by atoms with Gasteiger partial charge in [-0.05, 0) is 24.1 Å². The van der Waals surface area contributed by atoms with Crippen LogP contribution in [0.5, 0.6) is 0 Å². The molecule has 0 aliphatic rings. The fourth-order valence-electron chi connectivity index (χ4n) is 2.31. The fraction of sp³-hybridized carbons (Fsp3) is 0.316. The second-order valence-electron chi connectivity index (χ2n) is 5.72. The second-order valence-corrected chi connectivity index (χ2v) is 5.72. The third-order valence-corrected chi connectivity index (χ3v) is 3.67. The Morgan fingerprint density at radius 1 is 1.08 bits per heavy atom. The molecule has 25 heavy (non-hydrogen) atoms. The summed E-state index contributed by atoms with van der Waals surface area (Å²) < 4.78 is 0. The van der Waals surface area contributed by atoms with Crippen molar-refractivity contribution in [2.24, 2.45) is 0 Å². The Morgan fingerprint density at radius 2 is 1.80 bits per heavy atom. The molecule has 6 heteroatoms. The summed E-state index contributed by atoms with van der Waals surface area (Å²) in [7, 11) is 0. The van der Waals surface area contributed by atoms with Crippen LogP contribution in [0.3, 0.4) is 0 Å². The fourth-order valence-corrected chi connectivity index (χ4v) is 2.31. The van der Waals surface area contributed by atoms with Crippen molar-refractivity contribution < 1.29 is 9.59 Å². The molecule has 0 spiro atoms. The van der Waals surface area contributed by atoms with Crippen LogP contribution < -0.4 is 16.0 Å². The number of unbranched alkanes of at least 4 members (excludes halogenated alkanes) is 1. The van der Waals surface area contributed by atoms with E-state index in [4.69, 9.17) is 0 Å². The molecule has 1 aromatic heterocycles. The Hall–Kier alpha value is -2.89. The lowest BCUT2D eigenvalue weighted by atomic mass is 10.1. The summed E-state index contributed by atoms with van der Waals surface area (Å²) in [6, 6.07) is 12.0. The zero-order chi connectivity index (χ0) is 17.9. The third kappa shape index (κ3) is 6.63. The van der Waals surface area contributed by atoms with Gasteiger partial charge in [0.25, 0.3) is 0 Å². The van der Waals surface area contributed by atoms with E-state index in [2.05, 4.69) is 27.9 Å². The smallest absolute Gasteiger partial charge is 0.315 e. The summed E-state index contributed by atoms with van der Waals surface area (Å²) in [6.07, 6.45) is 5.52. The Morgan fingerprint density at radius 3 is 2.48 bits per heavy atom. The summed E-state index contributed by atoms with van der Waals surface area (Å²) >= 11 is 0. The van der Waals surface area contributed by atoms with Crippen molar-refractivity contribution in [2.75, 3.05) is 11.9 Å². The molecule has 3 amide bonds. The zero-order valence-corrected chi connectivity index (χ0v) is 14.4. The lowest BCUT2D eigenvalue weighted by Crippen LogP contribution is -2.49. The monoisotopic (exact) mass is 340 g/mol. The Labute approximate surface area is 148 Å². The van der Waals surface area contributed by atoms with Gasteiger partial charge in [0.1, 0.15) is 6.04 Å². The van der Waals surface area contributed by atoms with Gasteiger partial charge in [0.05, 0.1) is 0 Å². The summed E-state index contributed by atoms with van der Waals surface area (Å²) in [5, 5.41) is 8.36. The molecular weight excluding hydrogens is 316 g/mol. The maximum Gasteiger partial charge on any atom is 0.315 e. The molecule has 1 heterocycles. The number of aromatic nitrogens is 1. The minimum Gasteiger partial charge on any atom is -0.338 e. The number of urea groups is 1. The van der Waals surface area contributed by atoms with Crippen molar-refractivity contribution in [3.63, 3.8) is 0 Å². The number of benzene rings is 1. The van der Waals surface area contributed by atoms with Crippen LogP contribution in [0.15, 0.2) is 54.9 Å². The van der Waals surface area contributed by atoms with Gasteiger partial charge in [-0.15, -0.1) is 0 Å². The number of pyridine rings is 1. The van der Waals surface area contributed by atoms with Crippen molar-refractivity contribution in [1.82, 2.24) is 15.6 Å². The maximum absolute atomic E-state index is 12.6. The normalized spacial score (nSPS) is 11.4. The van der Waals surface area contributed by atoms with E-state index in [0.29, 0.717) is 18.7 Å². The van der Waals surface area contributed by atoms with Crippen molar-refractivity contribution in [2.45, 2.75) is 32.2 Å². The van der Waals surface area contributed by atoms with Gasteiger partial charge in [-0.25, -0.2) is 4.79 Å². The molecule has 0 saturated heterocycles. The third-order valence-electron chi connectivity index (χ3n) is 3.67. The average Bonchev–Trinajstić information content (AvgIpc) is 2.63. The molecule has 2 rings (SSSR count). The van der Waals surface area contributed by atoms with Gasteiger partial charge in [-0.2, -0.15) is 0 Å². The highest BCUT2D eigenvalue weighted by Crippen LogP contribution is 2.08. The number of rotatable bonds is 8. The highest BCUT2D eigenvalue weighted by Gasteiger charge is 2.21. The van der Waals surface area contributed by atoms with E-state index < -0.39 is 6.04 Å². The molecule has 0 aliphatic heterocycles. The molecule has 132 valence electrons. The Kier molecular flexibility index (Phi) is 7.43. The molecule has 0 saturated carbocycles. The van der Waals surface area contributed by atoms with E-state index in [0.717, 1.165) is 18.4 Å². The van der Waals surface area contributed by atoms with Crippen molar-refractivity contribution in [3.8, 4) is 0 Å². The van der Waals surface area contributed by atoms with E-state index >= 15 is 0 Å². The number of amides is 3. The summed E-state index contributed by atoms with van der Waals surface area (Å²) in [5.41, 5.74) is 1.62. The molecule has 2 aromatic rings. The van der Waals surface area contributed by atoms with Gasteiger partial charge in [0.2, 0.25) is 5.91 Å². The molecule has 6 nitrogen and oxygen atoms in total. The minimum atomic E-state index is -0.669. The first kappa shape index (κ1) is 18.4. The lowest BCUT2D eigenvalue weighted by molar-refractivity contribution is -0.117. The molecule has 1 aromatic carbocycles. The number of hydrogen-bond donors (Lipinski definition) is 3. The molecule has 0 fully saturated rings. The lowest BCUT2D eigenvalue weighted by Gasteiger charge is -2.19. The van der Waals surface area contributed by atoms with E-state index in [1.165, 1.54) is 0 Å². The van der Waals surface area contributed by atoms with Crippen LogP contribution in [0.1, 0.15) is 25.3 Å². The van der Waals surface area contributed by atoms with E-state index in [1.807, 2.05) is 30.3 Å². The molecule has 3 N–H and O–H groups in total. The second kappa shape index (κ2) is 10.1. The summed E-state index contributed by atoms with van der Waals surface area (Å²) in [4.78, 5) is 28.6. The first-order valence-electron chi connectivity index (χ1n) is 8.48. The number of anilines is 1. The number of carbonyl (C=O) groups is 2. The van der Waals surface area contributed by atoms with Crippen molar-refractivity contribution in [3.05, 3.63) is 60.4 Å². The molecule has 0 unspecified atom stereocenters. The highest BCUT2D eigenvalue weighted by molar-refractivity contribution is 5.97. The Bertz CT molecular complexity index is 662. The van der Waals surface area contributed by atoms with Crippen molar-refractivity contribution in [1.29, 1.82) is 0 Å². The number of carbonyl (C=O) groups excluding carboxylic acids is 2.